The molecule has 0 aliphatic carbocycles. The first-order valence-corrected chi connectivity index (χ1v) is 9.43. The van der Waals surface area contributed by atoms with Crippen molar-refractivity contribution in [1.82, 2.24) is 0 Å². The van der Waals surface area contributed by atoms with Crippen molar-refractivity contribution < 1.29 is 17.9 Å². The molecule has 0 aromatic heterocycles. The van der Waals surface area contributed by atoms with Crippen LogP contribution in [0.1, 0.15) is 12.8 Å². The highest BCUT2D eigenvalue weighted by molar-refractivity contribution is 7.91. The number of hydrogen-bond donors (Lipinski definition) is 0. The third-order valence-electron chi connectivity index (χ3n) is 3.95. The van der Waals surface area contributed by atoms with E-state index in [9.17, 15) is 8.42 Å². The molecule has 0 saturated carbocycles. The van der Waals surface area contributed by atoms with Crippen LogP contribution in [0.3, 0.4) is 0 Å². The van der Waals surface area contributed by atoms with Gasteiger partial charge in [0.25, 0.3) is 0 Å². The van der Waals surface area contributed by atoms with E-state index in [1.54, 1.807) is 7.11 Å². The quantitative estimate of drug-likeness (QED) is 0.720. The molecule has 2 unspecified atom stereocenters. The zero-order valence-electron chi connectivity index (χ0n) is 12.1. The maximum Gasteiger partial charge on any atom is 0.150 e. The second-order valence-corrected chi connectivity index (χ2v) is 7.93. The maximum atomic E-state index is 11.5. The van der Waals surface area contributed by atoms with Crippen LogP contribution in [0.4, 0.5) is 0 Å². The molecular formula is C15H21ClO4S. The lowest BCUT2D eigenvalue weighted by Crippen LogP contribution is -2.20. The van der Waals surface area contributed by atoms with E-state index in [0.29, 0.717) is 18.2 Å². The molecule has 0 spiro atoms. The Morgan fingerprint density at radius 3 is 2.48 bits per heavy atom. The highest BCUT2D eigenvalue weighted by Gasteiger charge is 2.33. The fourth-order valence-corrected chi connectivity index (χ4v) is 4.96. The molecule has 1 aliphatic heterocycles. The molecule has 4 nitrogen and oxygen atoms in total. The van der Waals surface area contributed by atoms with Gasteiger partial charge in [0, 0.05) is 5.88 Å². The Morgan fingerprint density at radius 2 is 1.95 bits per heavy atom. The number of ether oxygens (including phenoxy) is 2. The number of rotatable bonds is 7. The zero-order valence-corrected chi connectivity index (χ0v) is 13.7. The van der Waals surface area contributed by atoms with Crippen LogP contribution in [-0.4, -0.2) is 39.5 Å². The summed E-state index contributed by atoms with van der Waals surface area (Å²) in [5.74, 6) is 2.98. The summed E-state index contributed by atoms with van der Waals surface area (Å²) in [6.45, 7) is 0.542. The fraction of sp³-hybridized carbons (Fsp3) is 0.600. The van der Waals surface area contributed by atoms with Crippen LogP contribution in [0, 0.1) is 11.8 Å². The Labute approximate surface area is 131 Å². The van der Waals surface area contributed by atoms with E-state index >= 15 is 0 Å². The summed E-state index contributed by atoms with van der Waals surface area (Å²) in [5.41, 5.74) is 0. The van der Waals surface area contributed by atoms with Crippen molar-refractivity contribution >= 4 is 21.4 Å². The lowest BCUT2D eigenvalue weighted by atomic mass is 9.91. The second-order valence-electron chi connectivity index (χ2n) is 5.39. The Kier molecular flexibility index (Phi) is 5.76. The Bertz CT molecular complexity index is 541. The Balaban J connectivity index is 1.80. The number of alkyl halides is 1. The normalized spacial score (nSPS) is 21.9. The minimum Gasteiger partial charge on any atom is -0.497 e. The molecule has 1 aromatic carbocycles. The molecule has 1 saturated heterocycles. The highest BCUT2D eigenvalue weighted by Crippen LogP contribution is 2.29. The standard InChI is InChI=1S/C15H21ClO4S/c1-19-14-2-4-15(5-3-14)20-8-6-12(10-16)13-7-9-21(17,18)11-13/h2-5,12-13H,6-11H2,1H3. The molecule has 1 aromatic rings. The zero-order chi connectivity index (χ0) is 15.3. The molecule has 0 N–H and O–H groups in total. The minimum absolute atomic E-state index is 0.173. The van der Waals surface area contributed by atoms with Gasteiger partial charge in [0.05, 0.1) is 25.2 Å². The van der Waals surface area contributed by atoms with Crippen LogP contribution in [-0.2, 0) is 9.84 Å². The minimum atomic E-state index is -2.85. The van der Waals surface area contributed by atoms with Crippen LogP contribution in [0.25, 0.3) is 0 Å². The summed E-state index contributed by atoms with van der Waals surface area (Å²) in [4.78, 5) is 0. The van der Waals surface area contributed by atoms with E-state index in [1.807, 2.05) is 24.3 Å². The molecule has 2 atom stereocenters. The van der Waals surface area contributed by atoms with Crippen molar-refractivity contribution in [3.05, 3.63) is 24.3 Å². The van der Waals surface area contributed by atoms with Crippen LogP contribution in [0.2, 0.25) is 0 Å². The average Bonchev–Trinajstić information content (AvgIpc) is 2.84. The van der Waals surface area contributed by atoms with Gasteiger partial charge in [0.2, 0.25) is 0 Å². The summed E-state index contributed by atoms with van der Waals surface area (Å²) in [6, 6.07) is 7.40. The van der Waals surface area contributed by atoms with Crippen molar-refractivity contribution in [2.75, 3.05) is 31.1 Å². The van der Waals surface area contributed by atoms with Gasteiger partial charge in [-0.3, -0.25) is 0 Å². The number of sulfone groups is 1. The number of benzene rings is 1. The van der Waals surface area contributed by atoms with Gasteiger partial charge in [-0.05, 0) is 48.9 Å². The van der Waals surface area contributed by atoms with Crippen LogP contribution in [0.15, 0.2) is 24.3 Å². The lowest BCUT2D eigenvalue weighted by molar-refractivity contribution is 0.256. The fourth-order valence-electron chi connectivity index (χ4n) is 2.63. The topological polar surface area (TPSA) is 52.6 Å². The smallest absolute Gasteiger partial charge is 0.150 e. The van der Waals surface area contributed by atoms with Gasteiger partial charge >= 0.3 is 0 Å². The first-order valence-electron chi connectivity index (χ1n) is 7.07. The number of halogens is 1. The predicted molar refractivity (Wildman–Crippen MR) is 84.1 cm³/mol. The summed E-state index contributed by atoms with van der Waals surface area (Å²) >= 11 is 6.00. The van der Waals surface area contributed by atoms with Crippen molar-refractivity contribution in [3.63, 3.8) is 0 Å². The molecule has 1 aliphatic rings. The molecule has 21 heavy (non-hydrogen) atoms. The molecule has 2 rings (SSSR count). The van der Waals surface area contributed by atoms with Crippen LogP contribution in [0.5, 0.6) is 11.5 Å². The van der Waals surface area contributed by atoms with E-state index in [2.05, 4.69) is 0 Å². The number of hydrogen-bond acceptors (Lipinski definition) is 4. The third-order valence-corrected chi connectivity index (χ3v) is 6.14. The van der Waals surface area contributed by atoms with E-state index < -0.39 is 9.84 Å². The van der Waals surface area contributed by atoms with E-state index in [-0.39, 0.29) is 17.6 Å². The lowest BCUT2D eigenvalue weighted by Gasteiger charge is -2.20. The Hall–Kier alpha value is -0.940. The van der Waals surface area contributed by atoms with Gasteiger partial charge < -0.3 is 9.47 Å². The molecule has 6 heteroatoms. The van der Waals surface area contributed by atoms with Gasteiger partial charge in [-0.1, -0.05) is 0 Å². The first kappa shape index (κ1) is 16.4. The summed E-state index contributed by atoms with van der Waals surface area (Å²) in [6.07, 6.45) is 1.50. The van der Waals surface area contributed by atoms with Crippen molar-refractivity contribution in [3.8, 4) is 11.5 Å². The molecule has 0 amide bonds. The second kappa shape index (κ2) is 7.36. The van der Waals surface area contributed by atoms with Gasteiger partial charge in [-0.25, -0.2) is 8.42 Å². The number of methoxy groups -OCH3 is 1. The van der Waals surface area contributed by atoms with Gasteiger partial charge in [-0.15, -0.1) is 11.6 Å². The molecule has 0 radical (unpaired) electrons. The first-order chi connectivity index (χ1) is 10.0. The highest BCUT2D eigenvalue weighted by atomic mass is 35.5. The molecule has 118 valence electrons. The predicted octanol–water partition coefficient (Wildman–Crippen LogP) is 2.75. The van der Waals surface area contributed by atoms with E-state index in [1.165, 1.54) is 0 Å². The Morgan fingerprint density at radius 1 is 1.29 bits per heavy atom. The average molecular weight is 333 g/mol. The monoisotopic (exact) mass is 332 g/mol. The summed E-state index contributed by atoms with van der Waals surface area (Å²) in [7, 11) is -1.23. The van der Waals surface area contributed by atoms with Crippen molar-refractivity contribution in [2.24, 2.45) is 11.8 Å². The van der Waals surface area contributed by atoms with E-state index in [0.717, 1.165) is 24.3 Å². The van der Waals surface area contributed by atoms with E-state index in [4.69, 9.17) is 21.1 Å². The maximum absolute atomic E-state index is 11.5. The molecule has 1 fully saturated rings. The third kappa shape index (κ3) is 4.78. The summed E-state index contributed by atoms with van der Waals surface area (Å²) in [5, 5.41) is 0. The molecular weight excluding hydrogens is 312 g/mol. The SMILES string of the molecule is COc1ccc(OCCC(CCl)C2CCS(=O)(=O)C2)cc1. The van der Waals surface area contributed by atoms with Crippen LogP contribution < -0.4 is 9.47 Å². The van der Waals surface area contributed by atoms with Crippen LogP contribution >= 0.6 is 11.6 Å². The van der Waals surface area contributed by atoms with Crippen molar-refractivity contribution in [1.29, 1.82) is 0 Å². The molecule has 1 heterocycles. The van der Waals surface area contributed by atoms with Crippen molar-refractivity contribution in [2.45, 2.75) is 12.8 Å². The largest absolute Gasteiger partial charge is 0.497 e. The molecule has 0 bridgehead atoms. The van der Waals surface area contributed by atoms with Gasteiger partial charge in [-0.2, -0.15) is 0 Å². The van der Waals surface area contributed by atoms with Gasteiger partial charge in [0.15, 0.2) is 9.84 Å². The van der Waals surface area contributed by atoms with Gasteiger partial charge in [0.1, 0.15) is 11.5 Å². The summed E-state index contributed by atoms with van der Waals surface area (Å²) < 4.78 is 33.8.